The first-order valence-corrected chi connectivity index (χ1v) is 5.92. The minimum absolute atomic E-state index is 0.176. The molecule has 1 aromatic rings. The fourth-order valence-corrected chi connectivity index (χ4v) is 2.38. The van der Waals surface area contributed by atoms with Crippen LogP contribution < -0.4 is 5.56 Å². The summed E-state index contributed by atoms with van der Waals surface area (Å²) in [6.07, 6.45) is 4.16. The third-order valence-corrected chi connectivity index (χ3v) is 3.24. The van der Waals surface area contributed by atoms with Crippen LogP contribution in [-0.2, 0) is 24.1 Å². The fraction of sp³-hybridized carbons (Fsp3) is 0.538. The fourth-order valence-electron chi connectivity index (χ4n) is 2.38. The highest BCUT2D eigenvalue weighted by Crippen LogP contribution is 2.20. The average molecular weight is 232 g/mol. The Labute approximate surface area is 100 Å². The molecule has 1 aliphatic carbocycles. The first-order chi connectivity index (χ1) is 8.27. The van der Waals surface area contributed by atoms with Crippen molar-refractivity contribution in [2.45, 2.75) is 32.2 Å². The summed E-state index contributed by atoms with van der Waals surface area (Å²) in [5.74, 6) is 0. The number of hydrogen-bond acceptors (Lipinski definition) is 3. The second-order valence-corrected chi connectivity index (χ2v) is 4.30. The molecule has 1 aromatic heterocycles. The van der Waals surface area contributed by atoms with Gasteiger partial charge in [-0.1, -0.05) is 0 Å². The Bertz CT molecular complexity index is 511. The highest BCUT2D eigenvalue weighted by atomic mass is 16.5. The molecule has 17 heavy (non-hydrogen) atoms. The first-order valence-electron chi connectivity index (χ1n) is 5.92. The topological polar surface area (TPSA) is 55.0 Å². The molecule has 4 nitrogen and oxygen atoms in total. The van der Waals surface area contributed by atoms with Gasteiger partial charge in [-0.15, -0.1) is 0 Å². The third kappa shape index (κ3) is 2.25. The van der Waals surface area contributed by atoms with Crippen molar-refractivity contribution >= 4 is 0 Å². The molecule has 1 heterocycles. The van der Waals surface area contributed by atoms with Crippen LogP contribution >= 0.6 is 0 Å². The zero-order valence-electron chi connectivity index (χ0n) is 10.0. The highest BCUT2D eigenvalue weighted by molar-refractivity contribution is 5.35. The van der Waals surface area contributed by atoms with Gasteiger partial charge in [-0.3, -0.25) is 4.79 Å². The quantitative estimate of drug-likeness (QED) is 0.788. The van der Waals surface area contributed by atoms with Gasteiger partial charge in [-0.05, 0) is 37.3 Å². The lowest BCUT2D eigenvalue weighted by atomic mass is 9.94. The molecule has 0 saturated carbocycles. The standard InChI is InChI=1S/C13H16N2O2/c1-17-7-6-15-12-5-3-2-4-10(12)8-11(9-14)13(15)16/h8H,2-7H2,1H3. The monoisotopic (exact) mass is 232 g/mol. The first kappa shape index (κ1) is 11.9. The van der Waals surface area contributed by atoms with E-state index in [1.54, 1.807) is 17.7 Å². The van der Waals surface area contributed by atoms with Crippen LogP contribution in [0.1, 0.15) is 29.7 Å². The smallest absolute Gasteiger partial charge is 0.268 e. The van der Waals surface area contributed by atoms with Crippen LogP contribution in [0.2, 0.25) is 0 Å². The molecule has 0 fully saturated rings. The van der Waals surface area contributed by atoms with E-state index in [4.69, 9.17) is 10.00 Å². The van der Waals surface area contributed by atoms with E-state index < -0.39 is 0 Å². The number of hydrogen-bond donors (Lipinski definition) is 0. The van der Waals surface area contributed by atoms with Crippen LogP contribution in [0.3, 0.4) is 0 Å². The molecule has 0 saturated heterocycles. The van der Waals surface area contributed by atoms with Gasteiger partial charge in [0.05, 0.1) is 6.61 Å². The Morgan fingerprint density at radius 1 is 1.47 bits per heavy atom. The molecule has 0 bridgehead atoms. The van der Waals surface area contributed by atoms with Crippen LogP contribution in [0.5, 0.6) is 0 Å². The normalized spacial score (nSPS) is 14.1. The van der Waals surface area contributed by atoms with Crippen molar-refractivity contribution in [1.82, 2.24) is 4.57 Å². The van der Waals surface area contributed by atoms with Crippen molar-refractivity contribution in [3.63, 3.8) is 0 Å². The van der Waals surface area contributed by atoms with Gasteiger partial charge in [-0.2, -0.15) is 5.26 Å². The SMILES string of the molecule is COCCn1c2c(cc(C#N)c1=O)CCCC2. The minimum Gasteiger partial charge on any atom is -0.383 e. The molecule has 0 spiro atoms. The summed E-state index contributed by atoms with van der Waals surface area (Å²) in [7, 11) is 1.62. The van der Waals surface area contributed by atoms with E-state index in [-0.39, 0.29) is 11.1 Å². The lowest BCUT2D eigenvalue weighted by Crippen LogP contribution is -2.30. The number of aryl methyl sites for hydroxylation is 1. The zero-order valence-corrected chi connectivity index (χ0v) is 10.0. The van der Waals surface area contributed by atoms with E-state index in [2.05, 4.69) is 0 Å². The molecule has 4 heteroatoms. The number of pyridine rings is 1. The van der Waals surface area contributed by atoms with E-state index in [1.807, 2.05) is 6.07 Å². The summed E-state index contributed by atoms with van der Waals surface area (Å²) >= 11 is 0. The highest BCUT2D eigenvalue weighted by Gasteiger charge is 2.17. The van der Waals surface area contributed by atoms with Crippen LogP contribution in [0.15, 0.2) is 10.9 Å². The lowest BCUT2D eigenvalue weighted by molar-refractivity contribution is 0.185. The van der Waals surface area contributed by atoms with Crippen molar-refractivity contribution in [3.05, 3.63) is 33.2 Å². The number of methoxy groups -OCH3 is 1. The Kier molecular flexibility index (Phi) is 3.60. The average Bonchev–Trinajstić information content (AvgIpc) is 2.37. The molecule has 0 aliphatic heterocycles. The van der Waals surface area contributed by atoms with Crippen molar-refractivity contribution in [1.29, 1.82) is 5.26 Å². The van der Waals surface area contributed by atoms with Gasteiger partial charge in [0.15, 0.2) is 0 Å². The zero-order chi connectivity index (χ0) is 12.3. The minimum atomic E-state index is -0.176. The Morgan fingerprint density at radius 3 is 2.94 bits per heavy atom. The van der Waals surface area contributed by atoms with E-state index in [9.17, 15) is 4.79 Å². The largest absolute Gasteiger partial charge is 0.383 e. The second kappa shape index (κ2) is 5.15. The third-order valence-electron chi connectivity index (χ3n) is 3.24. The maximum atomic E-state index is 12.1. The molecular formula is C13H16N2O2. The summed E-state index contributed by atoms with van der Waals surface area (Å²) < 4.78 is 6.74. The molecule has 1 aliphatic rings. The van der Waals surface area contributed by atoms with E-state index >= 15 is 0 Å². The van der Waals surface area contributed by atoms with Crippen LogP contribution in [0, 0.1) is 11.3 Å². The van der Waals surface area contributed by atoms with Crippen molar-refractivity contribution < 1.29 is 4.74 Å². The Hall–Kier alpha value is -1.60. The molecule has 90 valence electrons. The number of ether oxygens (including phenoxy) is 1. The summed E-state index contributed by atoms with van der Waals surface area (Å²) in [6.45, 7) is 1.04. The van der Waals surface area contributed by atoms with Gasteiger partial charge < -0.3 is 9.30 Å². The van der Waals surface area contributed by atoms with Crippen LogP contribution in [0.4, 0.5) is 0 Å². The molecule has 0 aromatic carbocycles. The molecule has 0 amide bonds. The Morgan fingerprint density at radius 2 is 2.24 bits per heavy atom. The van der Waals surface area contributed by atoms with E-state index in [1.165, 1.54) is 0 Å². The number of nitriles is 1. The molecule has 0 radical (unpaired) electrons. The van der Waals surface area contributed by atoms with Crippen molar-refractivity contribution in [2.24, 2.45) is 0 Å². The van der Waals surface area contributed by atoms with Gasteiger partial charge >= 0.3 is 0 Å². The van der Waals surface area contributed by atoms with Gasteiger partial charge in [-0.25, -0.2) is 0 Å². The predicted molar refractivity (Wildman–Crippen MR) is 63.9 cm³/mol. The Balaban J connectivity index is 2.53. The lowest BCUT2D eigenvalue weighted by Gasteiger charge is -2.21. The van der Waals surface area contributed by atoms with Crippen molar-refractivity contribution in [3.8, 4) is 6.07 Å². The maximum Gasteiger partial charge on any atom is 0.268 e. The summed E-state index contributed by atoms with van der Waals surface area (Å²) in [6, 6.07) is 3.75. The number of fused-ring (bicyclic) bond motifs is 1. The van der Waals surface area contributed by atoms with Gasteiger partial charge in [0.2, 0.25) is 0 Å². The molecule has 0 unspecified atom stereocenters. The number of aromatic nitrogens is 1. The summed E-state index contributed by atoms with van der Waals surface area (Å²) in [4.78, 5) is 12.1. The van der Waals surface area contributed by atoms with Gasteiger partial charge in [0, 0.05) is 19.3 Å². The number of rotatable bonds is 3. The van der Waals surface area contributed by atoms with E-state index in [0.29, 0.717) is 13.2 Å². The predicted octanol–water partition coefficient (Wildman–Crippen LogP) is 1.25. The second-order valence-electron chi connectivity index (χ2n) is 4.30. The van der Waals surface area contributed by atoms with Crippen molar-refractivity contribution in [2.75, 3.05) is 13.7 Å². The van der Waals surface area contributed by atoms with Crippen LogP contribution in [0.25, 0.3) is 0 Å². The summed E-state index contributed by atoms with van der Waals surface area (Å²) in [5.41, 5.74) is 2.33. The van der Waals surface area contributed by atoms with Gasteiger partial charge in [0.25, 0.3) is 5.56 Å². The summed E-state index contributed by atoms with van der Waals surface area (Å²) in [5, 5.41) is 8.98. The molecule has 0 atom stereocenters. The van der Waals surface area contributed by atoms with E-state index in [0.717, 1.165) is 36.9 Å². The van der Waals surface area contributed by atoms with Crippen LogP contribution in [-0.4, -0.2) is 18.3 Å². The number of nitrogens with zero attached hydrogens (tertiary/aromatic N) is 2. The molecular weight excluding hydrogens is 216 g/mol. The molecule has 2 rings (SSSR count). The van der Waals surface area contributed by atoms with Gasteiger partial charge in [0.1, 0.15) is 11.6 Å². The maximum absolute atomic E-state index is 12.1. The molecule has 0 N–H and O–H groups in total.